The van der Waals surface area contributed by atoms with Gasteiger partial charge in [-0.1, -0.05) is 0 Å². The Bertz CT molecular complexity index is 424. The Labute approximate surface area is 121 Å². The maximum atomic E-state index is 5.80. The van der Waals surface area contributed by atoms with Crippen molar-refractivity contribution in [3.8, 4) is 0 Å². The molecule has 1 aromatic heterocycles. The molecule has 0 aromatic carbocycles. The van der Waals surface area contributed by atoms with Crippen molar-refractivity contribution in [2.45, 2.75) is 44.7 Å². The maximum Gasteiger partial charge on any atom is 0.225 e. The second-order valence-electron chi connectivity index (χ2n) is 6.20. The van der Waals surface area contributed by atoms with E-state index in [2.05, 4.69) is 19.8 Å². The highest BCUT2D eigenvalue weighted by molar-refractivity contribution is 5.32. The number of rotatable bonds is 4. The van der Waals surface area contributed by atoms with Crippen LogP contribution >= 0.6 is 0 Å². The van der Waals surface area contributed by atoms with Gasteiger partial charge in [-0.25, -0.2) is 9.97 Å². The number of aromatic nitrogens is 2. The number of hydrogen-bond acceptors (Lipinski definition) is 5. The fraction of sp³-hybridized carbons (Fsp3) is 0.733. The lowest BCUT2D eigenvalue weighted by molar-refractivity contribution is 0.260. The van der Waals surface area contributed by atoms with Gasteiger partial charge in [0.2, 0.25) is 5.95 Å². The summed E-state index contributed by atoms with van der Waals surface area (Å²) < 4.78 is 0. The van der Waals surface area contributed by atoms with Crippen LogP contribution in [0.1, 0.15) is 31.7 Å². The summed E-state index contributed by atoms with van der Waals surface area (Å²) >= 11 is 0. The summed E-state index contributed by atoms with van der Waals surface area (Å²) in [4.78, 5) is 14.0. The van der Waals surface area contributed by atoms with Gasteiger partial charge in [-0.15, -0.1) is 0 Å². The number of hydrogen-bond donors (Lipinski definition) is 1. The Morgan fingerprint density at radius 2 is 1.95 bits per heavy atom. The van der Waals surface area contributed by atoms with Crippen molar-refractivity contribution < 1.29 is 0 Å². The number of nitrogens with two attached hydrogens (primary N) is 1. The van der Waals surface area contributed by atoms with Gasteiger partial charge < -0.3 is 10.6 Å². The molecular weight excluding hydrogens is 250 g/mol. The quantitative estimate of drug-likeness (QED) is 0.890. The highest BCUT2D eigenvalue weighted by atomic mass is 15.3. The van der Waals surface area contributed by atoms with E-state index in [1.807, 2.05) is 19.3 Å². The molecule has 2 saturated heterocycles. The highest BCUT2D eigenvalue weighted by Gasteiger charge is 2.30. The van der Waals surface area contributed by atoms with Crippen LogP contribution in [0.25, 0.3) is 0 Å². The summed E-state index contributed by atoms with van der Waals surface area (Å²) in [6.07, 6.45) is 8.66. The Morgan fingerprint density at radius 1 is 1.25 bits per heavy atom. The van der Waals surface area contributed by atoms with Gasteiger partial charge in [0, 0.05) is 37.6 Å². The molecule has 0 aliphatic carbocycles. The van der Waals surface area contributed by atoms with Gasteiger partial charge in [0.15, 0.2) is 0 Å². The molecule has 1 aromatic rings. The van der Waals surface area contributed by atoms with Gasteiger partial charge in [-0.3, -0.25) is 4.90 Å². The summed E-state index contributed by atoms with van der Waals surface area (Å²) in [6.45, 7) is 6.70. The minimum atomic E-state index is 0.163. The van der Waals surface area contributed by atoms with Crippen LogP contribution < -0.4 is 10.6 Å². The summed E-state index contributed by atoms with van der Waals surface area (Å²) in [7, 11) is 0. The molecule has 20 heavy (non-hydrogen) atoms. The molecule has 3 rings (SSSR count). The molecule has 2 aliphatic rings. The lowest BCUT2D eigenvalue weighted by Gasteiger charge is -2.23. The molecule has 110 valence electrons. The summed E-state index contributed by atoms with van der Waals surface area (Å²) in [5, 5.41) is 0. The first-order valence-electron chi connectivity index (χ1n) is 7.78. The van der Waals surface area contributed by atoms with Crippen LogP contribution in [0.5, 0.6) is 0 Å². The van der Waals surface area contributed by atoms with Crippen LogP contribution in [0, 0.1) is 0 Å². The van der Waals surface area contributed by atoms with E-state index < -0.39 is 0 Å². The normalized spacial score (nSPS) is 25.3. The Hall–Kier alpha value is -1.20. The van der Waals surface area contributed by atoms with E-state index >= 15 is 0 Å². The summed E-state index contributed by atoms with van der Waals surface area (Å²) in [6, 6.07) is 0.862. The third-order valence-corrected chi connectivity index (χ3v) is 4.35. The van der Waals surface area contributed by atoms with E-state index in [-0.39, 0.29) is 6.04 Å². The standard InChI is InChI=1S/C15H25N5/c1-12(16)8-13-9-17-15(18-10-13)20-7-4-14(11-20)19-5-2-3-6-19/h9-10,12,14H,2-8,11,16H2,1H3. The van der Waals surface area contributed by atoms with Gasteiger partial charge in [0.05, 0.1) is 0 Å². The van der Waals surface area contributed by atoms with Crippen LogP contribution in [-0.2, 0) is 6.42 Å². The minimum Gasteiger partial charge on any atom is -0.339 e. The highest BCUT2D eigenvalue weighted by Crippen LogP contribution is 2.22. The molecule has 2 atom stereocenters. The van der Waals surface area contributed by atoms with Gasteiger partial charge in [0.1, 0.15) is 0 Å². The lowest BCUT2D eigenvalue weighted by Crippen LogP contribution is -2.35. The minimum absolute atomic E-state index is 0.163. The van der Waals surface area contributed by atoms with Crippen LogP contribution in [0.4, 0.5) is 5.95 Å². The number of likely N-dealkylation sites (tertiary alicyclic amines) is 1. The summed E-state index contributed by atoms with van der Waals surface area (Å²) in [5.41, 5.74) is 6.93. The first kappa shape index (κ1) is 13.8. The molecule has 0 saturated carbocycles. The third-order valence-electron chi connectivity index (χ3n) is 4.35. The zero-order chi connectivity index (χ0) is 13.9. The molecule has 2 N–H and O–H groups in total. The average molecular weight is 275 g/mol. The second-order valence-corrected chi connectivity index (χ2v) is 6.20. The topological polar surface area (TPSA) is 58.3 Å². The second kappa shape index (κ2) is 6.06. The molecule has 2 fully saturated rings. The third kappa shape index (κ3) is 3.10. The smallest absolute Gasteiger partial charge is 0.225 e. The van der Waals surface area contributed by atoms with Gasteiger partial charge >= 0.3 is 0 Å². The molecule has 2 aliphatic heterocycles. The fourth-order valence-corrected chi connectivity index (χ4v) is 3.32. The van der Waals surface area contributed by atoms with Crippen molar-refractivity contribution in [2.24, 2.45) is 5.73 Å². The number of nitrogens with zero attached hydrogens (tertiary/aromatic N) is 4. The Morgan fingerprint density at radius 3 is 2.60 bits per heavy atom. The van der Waals surface area contributed by atoms with Gasteiger partial charge in [-0.2, -0.15) is 0 Å². The van der Waals surface area contributed by atoms with E-state index in [0.29, 0.717) is 6.04 Å². The molecule has 5 heteroatoms. The molecule has 0 radical (unpaired) electrons. The predicted molar refractivity (Wildman–Crippen MR) is 80.8 cm³/mol. The van der Waals surface area contributed by atoms with Crippen molar-refractivity contribution in [3.63, 3.8) is 0 Å². The monoisotopic (exact) mass is 275 g/mol. The molecule has 5 nitrogen and oxygen atoms in total. The fourth-order valence-electron chi connectivity index (χ4n) is 3.32. The average Bonchev–Trinajstić information content (AvgIpc) is 3.10. The van der Waals surface area contributed by atoms with Crippen molar-refractivity contribution >= 4 is 5.95 Å². The van der Waals surface area contributed by atoms with E-state index in [0.717, 1.165) is 31.0 Å². The molecule has 2 unspecified atom stereocenters. The van der Waals surface area contributed by atoms with Gasteiger partial charge in [0.25, 0.3) is 0 Å². The SMILES string of the molecule is CC(N)Cc1cnc(N2CCC(N3CCCC3)C2)nc1. The molecular formula is C15H25N5. The Balaban J connectivity index is 1.59. The van der Waals surface area contributed by atoms with Crippen LogP contribution in [-0.4, -0.2) is 53.1 Å². The van der Waals surface area contributed by atoms with E-state index in [4.69, 9.17) is 5.73 Å². The molecule has 0 bridgehead atoms. The van der Waals surface area contributed by atoms with Crippen molar-refractivity contribution in [2.75, 3.05) is 31.1 Å². The molecule has 0 amide bonds. The maximum absolute atomic E-state index is 5.80. The first-order valence-corrected chi connectivity index (χ1v) is 7.78. The van der Waals surface area contributed by atoms with Crippen LogP contribution in [0.15, 0.2) is 12.4 Å². The van der Waals surface area contributed by atoms with Crippen molar-refractivity contribution in [3.05, 3.63) is 18.0 Å². The predicted octanol–water partition coefficient (Wildman–Crippen LogP) is 1.04. The molecule has 3 heterocycles. The first-order chi connectivity index (χ1) is 9.72. The number of anilines is 1. The summed E-state index contributed by atoms with van der Waals surface area (Å²) in [5.74, 6) is 0.875. The van der Waals surface area contributed by atoms with Crippen molar-refractivity contribution in [1.29, 1.82) is 0 Å². The van der Waals surface area contributed by atoms with E-state index in [9.17, 15) is 0 Å². The lowest BCUT2D eigenvalue weighted by atomic mass is 10.1. The Kier molecular flexibility index (Phi) is 4.17. The van der Waals surface area contributed by atoms with Crippen LogP contribution in [0.2, 0.25) is 0 Å². The largest absolute Gasteiger partial charge is 0.339 e. The zero-order valence-corrected chi connectivity index (χ0v) is 12.3. The van der Waals surface area contributed by atoms with Crippen molar-refractivity contribution in [1.82, 2.24) is 14.9 Å². The molecule has 0 spiro atoms. The van der Waals surface area contributed by atoms with E-state index in [1.54, 1.807) is 0 Å². The zero-order valence-electron chi connectivity index (χ0n) is 12.3. The van der Waals surface area contributed by atoms with E-state index in [1.165, 1.54) is 32.4 Å². The van der Waals surface area contributed by atoms with Gasteiger partial charge in [-0.05, 0) is 51.3 Å². The van der Waals surface area contributed by atoms with Crippen LogP contribution in [0.3, 0.4) is 0 Å².